The smallest absolute Gasteiger partial charge is 0.222 e. The molecule has 1 rings (SSSR count). The first-order chi connectivity index (χ1) is 9.27. The third-order valence-corrected chi connectivity index (χ3v) is 3.20. The van der Waals surface area contributed by atoms with E-state index in [1.54, 1.807) is 4.90 Å². The van der Waals surface area contributed by atoms with Crippen LogP contribution in [-0.2, 0) is 11.2 Å². The number of hydrogen-bond donors (Lipinski definition) is 1. The van der Waals surface area contributed by atoms with Gasteiger partial charge in [0, 0.05) is 19.5 Å². The molecule has 0 aromatic heterocycles. The molecule has 1 aromatic carbocycles. The SMILES string of the molecule is CCCCN(CCO)C(=O)CCCc1ccccc1. The van der Waals surface area contributed by atoms with E-state index in [1.165, 1.54) is 5.56 Å². The summed E-state index contributed by atoms with van der Waals surface area (Å²) in [7, 11) is 0. The standard InChI is InChI=1S/C16H25NO2/c1-2-3-12-17(13-14-18)16(19)11-7-10-15-8-5-4-6-9-15/h4-6,8-9,18H,2-3,7,10-14H2,1H3. The maximum Gasteiger partial charge on any atom is 0.222 e. The van der Waals surface area contributed by atoms with Gasteiger partial charge in [0.2, 0.25) is 5.91 Å². The van der Waals surface area contributed by atoms with Crippen LogP contribution in [0.4, 0.5) is 0 Å². The normalized spacial score (nSPS) is 10.4. The third-order valence-electron chi connectivity index (χ3n) is 3.20. The van der Waals surface area contributed by atoms with Gasteiger partial charge in [0.15, 0.2) is 0 Å². The van der Waals surface area contributed by atoms with E-state index < -0.39 is 0 Å². The van der Waals surface area contributed by atoms with Crippen molar-refractivity contribution in [3.05, 3.63) is 35.9 Å². The minimum absolute atomic E-state index is 0.0497. The minimum atomic E-state index is 0.0497. The molecular weight excluding hydrogens is 238 g/mol. The molecule has 0 unspecified atom stereocenters. The molecule has 3 nitrogen and oxygen atoms in total. The molecule has 1 aromatic rings. The number of rotatable bonds is 9. The highest BCUT2D eigenvalue weighted by Crippen LogP contribution is 2.07. The van der Waals surface area contributed by atoms with Crippen molar-refractivity contribution >= 4 is 5.91 Å². The summed E-state index contributed by atoms with van der Waals surface area (Å²) in [6.45, 7) is 3.39. The lowest BCUT2D eigenvalue weighted by atomic mass is 10.1. The Hall–Kier alpha value is -1.35. The van der Waals surface area contributed by atoms with E-state index >= 15 is 0 Å². The molecule has 0 aliphatic rings. The van der Waals surface area contributed by atoms with Crippen molar-refractivity contribution in [3.63, 3.8) is 0 Å². The molecule has 0 bridgehead atoms. The lowest BCUT2D eigenvalue weighted by molar-refractivity contribution is -0.131. The highest BCUT2D eigenvalue weighted by atomic mass is 16.3. The van der Waals surface area contributed by atoms with E-state index in [9.17, 15) is 4.79 Å². The largest absolute Gasteiger partial charge is 0.395 e. The van der Waals surface area contributed by atoms with E-state index in [0.717, 1.165) is 32.2 Å². The summed E-state index contributed by atoms with van der Waals surface area (Å²) in [6, 6.07) is 10.2. The molecule has 1 amide bonds. The van der Waals surface area contributed by atoms with Crippen LogP contribution in [0.1, 0.15) is 38.2 Å². The van der Waals surface area contributed by atoms with Crippen LogP contribution in [0.15, 0.2) is 30.3 Å². The van der Waals surface area contributed by atoms with Crippen LogP contribution in [0.3, 0.4) is 0 Å². The van der Waals surface area contributed by atoms with Gasteiger partial charge in [0.1, 0.15) is 0 Å². The molecule has 0 aliphatic carbocycles. The highest BCUT2D eigenvalue weighted by molar-refractivity contribution is 5.76. The number of hydrogen-bond acceptors (Lipinski definition) is 2. The molecule has 0 aliphatic heterocycles. The minimum Gasteiger partial charge on any atom is -0.395 e. The Morgan fingerprint density at radius 3 is 2.53 bits per heavy atom. The van der Waals surface area contributed by atoms with Crippen LogP contribution in [-0.4, -0.2) is 35.6 Å². The van der Waals surface area contributed by atoms with Crippen LogP contribution in [0, 0.1) is 0 Å². The zero-order valence-corrected chi connectivity index (χ0v) is 11.8. The Labute approximate surface area is 116 Å². The van der Waals surface area contributed by atoms with Gasteiger partial charge in [-0.25, -0.2) is 0 Å². The first-order valence-corrected chi connectivity index (χ1v) is 7.20. The van der Waals surface area contributed by atoms with Crippen LogP contribution in [0.25, 0.3) is 0 Å². The second-order valence-corrected chi connectivity index (χ2v) is 4.80. The maximum absolute atomic E-state index is 12.0. The van der Waals surface area contributed by atoms with E-state index in [1.807, 2.05) is 18.2 Å². The highest BCUT2D eigenvalue weighted by Gasteiger charge is 2.11. The Morgan fingerprint density at radius 1 is 1.16 bits per heavy atom. The van der Waals surface area contributed by atoms with Crippen LogP contribution >= 0.6 is 0 Å². The van der Waals surface area contributed by atoms with Gasteiger partial charge in [-0.2, -0.15) is 0 Å². The van der Waals surface area contributed by atoms with Crippen molar-refractivity contribution in [1.29, 1.82) is 0 Å². The van der Waals surface area contributed by atoms with Gasteiger partial charge in [-0.1, -0.05) is 43.7 Å². The summed E-state index contributed by atoms with van der Waals surface area (Å²) in [5.41, 5.74) is 1.28. The first-order valence-electron chi connectivity index (χ1n) is 7.20. The number of carbonyl (C=O) groups excluding carboxylic acids is 1. The van der Waals surface area contributed by atoms with Crippen LogP contribution in [0.5, 0.6) is 0 Å². The van der Waals surface area contributed by atoms with Crippen molar-refractivity contribution < 1.29 is 9.90 Å². The van der Waals surface area contributed by atoms with Gasteiger partial charge < -0.3 is 10.0 Å². The van der Waals surface area contributed by atoms with Gasteiger partial charge in [-0.15, -0.1) is 0 Å². The molecular formula is C16H25NO2. The van der Waals surface area contributed by atoms with Gasteiger partial charge in [0.05, 0.1) is 6.61 Å². The van der Waals surface area contributed by atoms with Gasteiger partial charge >= 0.3 is 0 Å². The number of benzene rings is 1. The number of aryl methyl sites for hydroxylation is 1. The quantitative estimate of drug-likeness (QED) is 0.744. The third kappa shape index (κ3) is 6.39. The van der Waals surface area contributed by atoms with E-state index in [-0.39, 0.29) is 12.5 Å². The van der Waals surface area contributed by atoms with Crippen molar-refractivity contribution in [2.45, 2.75) is 39.0 Å². The Balaban J connectivity index is 2.31. The molecule has 0 atom stereocenters. The summed E-state index contributed by atoms with van der Waals surface area (Å²) in [6.07, 6.45) is 4.45. The van der Waals surface area contributed by atoms with Crippen molar-refractivity contribution in [2.75, 3.05) is 19.7 Å². The molecule has 3 heteroatoms. The number of aliphatic hydroxyl groups excluding tert-OH is 1. The number of aliphatic hydroxyl groups is 1. The predicted octanol–water partition coefficient (Wildman–Crippen LogP) is 2.63. The van der Waals surface area contributed by atoms with Crippen molar-refractivity contribution in [1.82, 2.24) is 4.90 Å². The number of unbranched alkanes of at least 4 members (excludes halogenated alkanes) is 1. The maximum atomic E-state index is 12.0. The number of nitrogens with zero attached hydrogens (tertiary/aromatic N) is 1. The molecule has 19 heavy (non-hydrogen) atoms. The van der Waals surface area contributed by atoms with Gasteiger partial charge in [-0.05, 0) is 24.8 Å². The predicted molar refractivity (Wildman–Crippen MR) is 78.0 cm³/mol. The molecule has 0 spiro atoms. The number of amides is 1. The zero-order chi connectivity index (χ0) is 13.9. The van der Waals surface area contributed by atoms with E-state index in [4.69, 9.17) is 5.11 Å². The fraction of sp³-hybridized carbons (Fsp3) is 0.562. The molecule has 0 saturated heterocycles. The Morgan fingerprint density at radius 2 is 1.89 bits per heavy atom. The monoisotopic (exact) mass is 263 g/mol. The lowest BCUT2D eigenvalue weighted by Gasteiger charge is -2.21. The Bertz CT molecular complexity index is 351. The summed E-state index contributed by atoms with van der Waals surface area (Å²) in [4.78, 5) is 13.8. The Kier molecular flexibility index (Phi) is 7.91. The fourth-order valence-electron chi connectivity index (χ4n) is 2.08. The first kappa shape index (κ1) is 15.7. The van der Waals surface area contributed by atoms with Crippen LogP contribution < -0.4 is 0 Å². The van der Waals surface area contributed by atoms with Gasteiger partial charge in [-0.3, -0.25) is 4.79 Å². The molecule has 0 fully saturated rings. The molecule has 0 heterocycles. The van der Waals surface area contributed by atoms with Gasteiger partial charge in [0.25, 0.3) is 0 Å². The summed E-state index contributed by atoms with van der Waals surface area (Å²) >= 11 is 0. The summed E-state index contributed by atoms with van der Waals surface area (Å²) in [5, 5.41) is 8.99. The molecule has 0 radical (unpaired) electrons. The fourth-order valence-corrected chi connectivity index (χ4v) is 2.08. The average Bonchev–Trinajstić information content (AvgIpc) is 2.44. The lowest BCUT2D eigenvalue weighted by Crippen LogP contribution is -2.34. The molecule has 106 valence electrons. The topological polar surface area (TPSA) is 40.5 Å². The van der Waals surface area contributed by atoms with Crippen molar-refractivity contribution in [2.24, 2.45) is 0 Å². The summed E-state index contributed by atoms with van der Waals surface area (Å²) < 4.78 is 0. The second kappa shape index (κ2) is 9.56. The summed E-state index contributed by atoms with van der Waals surface area (Å²) in [5.74, 6) is 0.165. The molecule has 0 saturated carbocycles. The van der Waals surface area contributed by atoms with E-state index in [2.05, 4.69) is 19.1 Å². The van der Waals surface area contributed by atoms with Crippen LogP contribution in [0.2, 0.25) is 0 Å². The average molecular weight is 263 g/mol. The van der Waals surface area contributed by atoms with Crippen molar-refractivity contribution in [3.8, 4) is 0 Å². The van der Waals surface area contributed by atoms with E-state index in [0.29, 0.717) is 13.0 Å². The second-order valence-electron chi connectivity index (χ2n) is 4.80. The molecule has 1 N–H and O–H groups in total. The number of carbonyl (C=O) groups is 1. The zero-order valence-electron chi connectivity index (χ0n) is 11.8.